The van der Waals surface area contributed by atoms with Crippen LogP contribution < -0.4 is 11.1 Å². The number of benzene rings is 1. The average Bonchev–Trinajstić information content (AvgIpc) is 3.49. The van der Waals surface area contributed by atoms with Crippen molar-refractivity contribution in [3.05, 3.63) is 78.1 Å². The van der Waals surface area contributed by atoms with E-state index in [1.807, 2.05) is 6.07 Å². The number of rotatable bonds is 8. The predicted octanol–water partition coefficient (Wildman–Crippen LogP) is 3.55. The fourth-order valence-electron chi connectivity index (χ4n) is 4.21. The Labute approximate surface area is 218 Å². The van der Waals surface area contributed by atoms with E-state index in [0.717, 1.165) is 0 Å². The number of aliphatic hydroxyl groups excluding tert-OH is 1. The van der Waals surface area contributed by atoms with Crippen molar-refractivity contribution >= 4 is 17.4 Å². The topological polar surface area (TPSA) is 151 Å². The summed E-state index contributed by atoms with van der Waals surface area (Å²) in [6.45, 7) is 2.66. The van der Waals surface area contributed by atoms with Crippen LogP contribution in [0, 0.1) is 0 Å². The fourth-order valence-corrected chi connectivity index (χ4v) is 4.21. The third kappa shape index (κ3) is 5.06. The number of alkyl halides is 1. The normalized spacial score (nSPS) is 14.9. The molecule has 2 atom stereocenters. The number of halogens is 1. The lowest BCUT2D eigenvalue weighted by atomic mass is 9.99. The number of aromatic nitrogens is 3. The number of carbonyl (C=O) groups is 1. The van der Waals surface area contributed by atoms with E-state index in [0.29, 0.717) is 39.3 Å². The van der Waals surface area contributed by atoms with Crippen LogP contribution in [-0.4, -0.2) is 54.3 Å². The third-order valence-electron chi connectivity index (χ3n) is 6.36. The number of anilines is 2. The number of nitrogens with two attached hydrogens (primary N) is 1. The van der Waals surface area contributed by atoms with Gasteiger partial charge in [-0.05, 0) is 49.7 Å². The second-order valence-electron chi connectivity index (χ2n) is 9.70. The van der Waals surface area contributed by atoms with E-state index in [-0.39, 0.29) is 30.6 Å². The van der Waals surface area contributed by atoms with Gasteiger partial charge in [0.2, 0.25) is 5.89 Å². The van der Waals surface area contributed by atoms with Gasteiger partial charge in [-0.3, -0.25) is 9.78 Å². The van der Waals surface area contributed by atoms with Crippen molar-refractivity contribution in [3.63, 3.8) is 0 Å². The van der Waals surface area contributed by atoms with Gasteiger partial charge in [0, 0.05) is 53.1 Å². The number of aliphatic hydroxyl groups is 2. The Bertz CT molecular complexity index is 1470. The maximum absolute atomic E-state index is 14.6. The summed E-state index contributed by atoms with van der Waals surface area (Å²) in [6.07, 6.45) is 3.28. The highest BCUT2D eigenvalue weighted by Crippen LogP contribution is 2.37. The molecule has 5 N–H and O–H groups in total. The molecule has 0 saturated carbocycles. The van der Waals surface area contributed by atoms with Crippen molar-refractivity contribution in [3.8, 4) is 22.6 Å². The number of oxazole rings is 1. The fraction of sp³-hybridized carbons (Fsp3) is 0.259. The monoisotopic (exact) mass is 518 g/mol. The average molecular weight is 519 g/mol. The molecule has 1 aliphatic rings. The third-order valence-corrected chi connectivity index (χ3v) is 6.36. The van der Waals surface area contributed by atoms with Crippen LogP contribution in [0.2, 0.25) is 0 Å². The molecule has 11 heteroatoms. The number of fused-ring (bicyclic) bond motifs is 1. The van der Waals surface area contributed by atoms with Gasteiger partial charge in [-0.2, -0.15) is 0 Å². The van der Waals surface area contributed by atoms with Crippen molar-refractivity contribution < 1.29 is 23.8 Å². The Morgan fingerprint density at radius 1 is 1.21 bits per heavy atom. The first-order chi connectivity index (χ1) is 18.1. The number of hydrogen-bond acceptors (Lipinski definition) is 9. The van der Waals surface area contributed by atoms with E-state index in [1.165, 1.54) is 31.2 Å². The van der Waals surface area contributed by atoms with Gasteiger partial charge in [0.05, 0.1) is 12.1 Å². The molecule has 4 aromatic rings. The van der Waals surface area contributed by atoms with E-state index in [2.05, 4.69) is 20.3 Å². The maximum atomic E-state index is 14.6. The van der Waals surface area contributed by atoms with Crippen LogP contribution in [-0.2, 0) is 6.54 Å². The molecule has 0 fully saturated rings. The van der Waals surface area contributed by atoms with Gasteiger partial charge >= 0.3 is 0 Å². The molecule has 0 radical (unpaired) electrons. The van der Waals surface area contributed by atoms with Gasteiger partial charge in [0.1, 0.15) is 23.9 Å². The zero-order valence-corrected chi connectivity index (χ0v) is 20.8. The molecule has 5 rings (SSSR count). The van der Waals surface area contributed by atoms with Crippen molar-refractivity contribution in [1.29, 1.82) is 0 Å². The van der Waals surface area contributed by atoms with Gasteiger partial charge in [0.25, 0.3) is 5.91 Å². The molecular weight excluding hydrogens is 491 g/mol. The van der Waals surface area contributed by atoms with Crippen molar-refractivity contribution in [2.75, 3.05) is 17.6 Å². The molecule has 0 aliphatic carbocycles. The Hall–Kier alpha value is -4.35. The summed E-state index contributed by atoms with van der Waals surface area (Å²) in [5.41, 5.74) is 7.95. The van der Waals surface area contributed by atoms with E-state index >= 15 is 0 Å². The zero-order chi connectivity index (χ0) is 27.0. The first-order valence-electron chi connectivity index (χ1n) is 11.9. The molecule has 1 aromatic carbocycles. The van der Waals surface area contributed by atoms with Crippen LogP contribution in [0.15, 0.2) is 65.7 Å². The largest absolute Gasteiger partial charge is 0.444 e. The summed E-state index contributed by atoms with van der Waals surface area (Å²) in [4.78, 5) is 27.0. The van der Waals surface area contributed by atoms with Gasteiger partial charge in [-0.15, -0.1) is 0 Å². The highest BCUT2D eigenvalue weighted by atomic mass is 19.1. The van der Waals surface area contributed by atoms with E-state index in [4.69, 9.17) is 10.2 Å². The Balaban J connectivity index is 1.45. The molecular formula is C27H27FN6O4. The summed E-state index contributed by atoms with van der Waals surface area (Å²) in [6, 6.07) is 10.3. The lowest BCUT2D eigenvalue weighted by molar-refractivity contribution is -0.0159. The summed E-state index contributed by atoms with van der Waals surface area (Å²) in [7, 11) is 0. The van der Waals surface area contributed by atoms with Crippen LogP contribution in [0.4, 0.5) is 15.9 Å². The van der Waals surface area contributed by atoms with Crippen LogP contribution in [0.1, 0.15) is 41.7 Å². The smallest absolute Gasteiger partial charge is 0.254 e. The van der Waals surface area contributed by atoms with Gasteiger partial charge in [-0.1, -0.05) is 6.07 Å². The molecule has 1 aliphatic heterocycles. The molecule has 196 valence electrons. The minimum Gasteiger partial charge on any atom is -0.444 e. The van der Waals surface area contributed by atoms with E-state index in [1.54, 1.807) is 42.7 Å². The zero-order valence-electron chi connectivity index (χ0n) is 20.8. The minimum absolute atomic E-state index is 0.167. The summed E-state index contributed by atoms with van der Waals surface area (Å²) in [5.74, 6) is 0.248. The predicted molar refractivity (Wildman–Crippen MR) is 138 cm³/mol. The first kappa shape index (κ1) is 25.3. The second-order valence-corrected chi connectivity index (χ2v) is 9.70. The number of nitrogen functional groups attached to an aromatic ring is 1. The van der Waals surface area contributed by atoms with Gasteiger partial charge in [0.15, 0.2) is 6.23 Å². The van der Waals surface area contributed by atoms with Crippen LogP contribution in [0.25, 0.3) is 22.6 Å². The highest BCUT2D eigenvalue weighted by molar-refractivity contribution is 6.01. The molecule has 0 bridgehead atoms. The Kier molecular flexibility index (Phi) is 6.55. The summed E-state index contributed by atoms with van der Waals surface area (Å²) >= 11 is 0. The van der Waals surface area contributed by atoms with Crippen molar-refractivity contribution in [2.45, 2.75) is 38.4 Å². The van der Waals surface area contributed by atoms with Crippen LogP contribution in [0.5, 0.6) is 0 Å². The standard InChI is InChI=1S/C27H27FN6O4/c1-27(2,37)22(28)13-34-12-17-8-20(18(10-19(17)26(34)36)16-4-3-6-30-11-16)32-24(35)21-14-38-25(33-21)15-5-7-31-23(29)9-15/h3-11,14,22,24,32,35,37H,12-13H2,1-2H3,(H2,29,31)/t22-,24?/m1/s1. The van der Waals surface area contributed by atoms with E-state index in [9.17, 15) is 19.4 Å². The molecule has 1 amide bonds. The lowest BCUT2D eigenvalue weighted by Gasteiger charge is -2.26. The van der Waals surface area contributed by atoms with Crippen LogP contribution >= 0.6 is 0 Å². The second kappa shape index (κ2) is 9.84. The van der Waals surface area contributed by atoms with E-state index < -0.39 is 18.0 Å². The van der Waals surface area contributed by atoms with Crippen LogP contribution in [0.3, 0.4) is 0 Å². The molecule has 0 spiro atoms. The van der Waals surface area contributed by atoms with Gasteiger partial charge < -0.3 is 30.6 Å². The molecule has 10 nitrogen and oxygen atoms in total. The number of carbonyl (C=O) groups excluding carboxylic acids is 1. The minimum atomic E-state index is -1.62. The molecule has 4 heterocycles. The number of nitrogens with one attached hydrogen (secondary N) is 1. The highest BCUT2D eigenvalue weighted by Gasteiger charge is 2.35. The Morgan fingerprint density at radius 3 is 2.74 bits per heavy atom. The molecule has 3 aromatic heterocycles. The van der Waals surface area contributed by atoms with Crippen molar-refractivity contribution in [1.82, 2.24) is 19.9 Å². The first-order valence-corrected chi connectivity index (χ1v) is 11.9. The Morgan fingerprint density at radius 2 is 2.03 bits per heavy atom. The molecule has 0 saturated heterocycles. The number of pyridine rings is 2. The SMILES string of the molecule is CC(C)(O)[C@H](F)CN1Cc2cc(NC(O)c3coc(-c4ccnc(N)c4)n3)c(-c3cccnc3)cc2C1=O. The van der Waals surface area contributed by atoms with Crippen molar-refractivity contribution in [2.24, 2.45) is 0 Å². The molecule has 1 unspecified atom stereocenters. The molecule has 38 heavy (non-hydrogen) atoms. The number of hydrogen-bond donors (Lipinski definition) is 4. The summed E-state index contributed by atoms with van der Waals surface area (Å²) in [5, 5.41) is 24.0. The summed E-state index contributed by atoms with van der Waals surface area (Å²) < 4.78 is 20.1. The number of amides is 1. The maximum Gasteiger partial charge on any atom is 0.254 e. The quantitative estimate of drug-likeness (QED) is 0.257. The lowest BCUT2D eigenvalue weighted by Crippen LogP contribution is -2.42. The van der Waals surface area contributed by atoms with Gasteiger partial charge in [-0.25, -0.2) is 14.4 Å². The number of nitrogens with zero attached hydrogens (tertiary/aromatic N) is 4.